The molecule has 0 fully saturated rings. The third kappa shape index (κ3) is 3.01. The standard InChI is InChI=1S/C22H20FN3O2/c1-12-7-8-15(9-13(12)2)21(28)18-11-19(27)24-22-20(18)14(3)25-26(22)17-6-4-5-16(23)10-17/h4-10,18H,11H2,1-3H3,(H,24,27)/t18-/m0/s1. The highest BCUT2D eigenvalue weighted by Gasteiger charge is 2.36. The number of carbonyl (C=O) groups is 2. The van der Waals surface area contributed by atoms with Gasteiger partial charge in [0.1, 0.15) is 11.6 Å². The molecule has 1 aliphatic rings. The second-order valence-electron chi connectivity index (χ2n) is 7.21. The molecule has 4 rings (SSSR count). The van der Waals surface area contributed by atoms with Gasteiger partial charge in [-0.1, -0.05) is 18.2 Å². The van der Waals surface area contributed by atoms with Gasteiger partial charge in [-0.15, -0.1) is 0 Å². The molecule has 0 spiro atoms. The minimum Gasteiger partial charge on any atom is -0.310 e. The van der Waals surface area contributed by atoms with Crippen molar-refractivity contribution in [2.24, 2.45) is 0 Å². The van der Waals surface area contributed by atoms with Crippen LogP contribution in [0, 0.1) is 26.6 Å². The third-order valence-corrected chi connectivity index (χ3v) is 5.26. The van der Waals surface area contributed by atoms with E-state index in [1.54, 1.807) is 25.1 Å². The average molecular weight is 377 g/mol. The lowest BCUT2D eigenvalue weighted by Gasteiger charge is -2.23. The lowest BCUT2D eigenvalue weighted by Crippen LogP contribution is -2.28. The van der Waals surface area contributed by atoms with Crippen LogP contribution in [0.5, 0.6) is 0 Å². The number of nitrogens with one attached hydrogen (secondary N) is 1. The Morgan fingerprint density at radius 3 is 2.64 bits per heavy atom. The first-order chi connectivity index (χ1) is 13.3. The molecule has 2 heterocycles. The molecule has 1 aliphatic heterocycles. The molecule has 0 aliphatic carbocycles. The second-order valence-corrected chi connectivity index (χ2v) is 7.21. The van der Waals surface area contributed by atoms with Crippen LogP contribution in [0.3, 0.4) is 0 Å². The molecule has 1 aromatic heterocycles. The lowest BCUT2D eigenvalue weighted by atomic mass is 9.85. The van der Waals surface area contributed by atoms with E-state index in [-0.39, 0.29) is 18.1 Å². The van der Waals surface area contributed by atoms with Crippen LogP contribution in [0.2, 0.25) is 0 Å². The molecule has 0 saturated carbocycles. The summed E-state index contributed by atoms with van der Waals surface area (Å²) in [6.45, 7) is 5.74. The van der Waals surface area contributed by atoms with Crippen LogP contribution < -0.4 is 5.32 Å². The molecule has 6 heteroatoms. The fourth-order valence-corrected chi connectivity index (χ4v) is 3.66. The van der Waals surface area contributed by atoms with Crippen LogP contribution in [-0.4, -0.2) is 21.5 Å². The number of aromatic nitrogens is 2. The van der Waals surface area contributed by atoms with Gasteiger partial charge in [0.25, 0.3) is 0 Å². The molecular weight excluding hydrogens is 357 g/mol. The van der Waals surface area contributed by atoms with Gasteiger partial charge in [-0.2, -0.15) is 5.10 Å². The molecule has 1 N–H and O–H groups in total. The molecule has 1 amide bonds. The van der Waals surface area contributed by atoms with Crippen molar-refractivity contribution in [2.75, 3.05) is 5.32 Å². The fourth-order valence-electron chi connectivity index (χ4n) is 3.66. The van der Waals surface area contributed by atoms with Gasteiger partial charge < -0.3 is 5.32 Å². The first kappa shape index (κ1) is 18.1. The van der Waals surface area contributed by atoms with Crippen LogP contribution in [0.25, 0.3) is 5.69 Å². The van der Waals surface area contributed by atoms with E-state index in [4.69, 9.17) is 0 Å². The van der Waals surface area contributed by atoms with Crippen molar-refractivity contribution in [3.8, 4) is 5.69 Å². The zero-order valence-electron chi connectivity index (χ0n) is 15.9. The Morgan fingerprint density at radius 1 is 1.14 bits per heavy atom. The molecule has 2 aromatic carbocycles. The minimum absolute atomic E-state index is 0.0639. The molecule has 1 atom stereocenters. The Balaban J connectivity index is 1.82. The zero-order valence-corrected chi connectivity index (χ0v) is 15.9. The molecule has 3 aromatic rings. The number of hydrogen-bond donors (Lipinski definition) is 1. The van der Waals surface area contributed by atoms with E-state index in [1.807, 2.05) is 26.0 Å². The summed E-state index contributed by atoms with van der Waals surface area (Å²) in [6, 6.07) is 11.5. The Bertz CT molecular complexity index is 1120. The van der Waals surface area contributed by atoms with Crippen molar-refractivity contribution in [1.29, 1.82) is 0 Å². The summed E-state index contributed by atoms with van der Waals surface area (Å²) >= 11 is 0. The zero-order chi connectivity index (χ0) is 20.0. The van der Waals surface area contributed by atoms with E-state index < -0.39 is 11.7 Å². The SMILES string of the molecule is Cc1ccc(C(=O)[C@H]2CC(=O)Nc3c2c(C)nn3-c2cccc(F)c2)cc1C. The minimum atomic E-state index is -0.617. The summed E-state index contributed by atoms with van der Waals surface area (Å²) < 4.78 is 15.2. The highest BCUT2D eigenvalue weighted by molar-refractivity contribution is 6.08. The summed E-state index contributed by atoms with van der Waals surface area (Å²) in [7, 11) is 0. The number of halogens is 1. The van der Waals surface area contributed by atoms with Gasteiger partial charge in [0.15, 0.2) is 5.78 Å². The predicted molar refractivity (Wildman–Crippen MR) is 104 cm³/mol. The van der Waals surface area contributed by atoms with E-state index in [2.05, 4.69) is 10.4 Å². The van der Waals surface area contributed by atoms with E-state index in [0.717, 1.165) is 11.1 Å². The maximum atomic E-state index is 13.7. The first-order valence-corrected chi connectivity index (χ1v) is 9.12. The molecule has 0 saturated heterocycles. The summed E-state index contributed by atoms with van der Waals surface area (Å²) in [5, 5.41) is 7.29. The Hall–Kier alpha value is -3.28. The number of carbonyl (C=O) groups excluding carboxylic acids is 2. The molecule has 5 nitrogen and oxygen atoms in total. The van der Waals surface area contributed by atoms with Gasteiger partial charge in [0.05, 0.1) is 17.3 Å². The maximum Gasteiger partial charge on any atom is 0.226 e. The van der Waals surface area contributed by atoms with Crippen molar-refractivity contribution >= 4 is 17.5 Å². The average Bonchev–Trinajstić information content (AvgIpc) is 2.99. The number of aryl methyl sites for hydroxylation is 3. The first-order valence-electron chi connectivity index (χ1n) is 9.12. The quantitative estimate of drug-likeness (QED) is 0.694. The Kier molecular flexibility index (Phi) is 4.34. The topological polar surface area (TPSA) is 64.0 Å². The van der Waals surface area contributed by atoms with Crippen molar-refractivity contribution in [1.82, 2.24) is 9.78 Å². The second kappa shape index (κ2) is 6.71. The van der Waals surface area contributed by atoms with Gasteiger partial charge in [0, 0.05) is 17.5 Å². The van der Waals surface area contributed by atoms with E-state index >= 15 is 0 Å². The van der Waals surface area contributed by atoms with Crippen LogP contribution in [0.4, 0.5) is 10.2 Å². The number of hydrogen-bond acceptors (Lipinski definition) is 3. The lowest BCUT2D eigenvalue weighted by molar-refractivity contribution is -0.116. The third-order valence-electron chi connectivity index (χ3n) is 5.26. The summed E-state index contributed by atoms with van der Waals surface area (Å²) in [5.74, 6) is -0.952. The van der Waals surface area contributed by atoms with Gasteiger partial charge >= 0.3 is 0 Å². The number of benzene rings is 2. The van der Waals surface area contributed by atoms with E-state index in [1.165, 1.54) is 16.8 Å². The summed E-state index contributed by atoms with van der Waals surface area (Å²) in [4.78, 5) is 25.6. The van der Waals surface area contributed by atoms with Crippen molar-refractivity contribution < 1.29 is 14.0 Å². The van der Waals surface area contributed by atoms with Gasteiger partial charge in [-0.25, -0.2) is 9.07 Å². The van der Waals surface area contributed by atoms with Crippen LogP contribution in [0.1, 0.15) is 45.1 Å². The Labute approximate surface area is 162 Å². The number of fused-ring (bicyclic) bond motifs is 1. The molecule has 142 valence electrons. The molecule has 28 heavy (non-hydrogen) atoms. The fraction of sp³-hybridized carbons (Fsp3) is 0.227. The molecule has 0 unspecified atom stereocenters. The molecule has 0 radical (unpaired) electrons. The van der Waals surface area contributed by atoms with Crippen LogP contribution >= 0.6 is 0 Å². The predicted octanol–water partition coefficient (Wildman–Crippen LogP) is 4.25. The van der Waals surface area contributed by atoms with Crippen molar-refractivity contribution in [3.05, 3.63) is 76.2 Å². The van der Waals surface area contributed by atoms with Crippen molar-refractivity contribution in [2.45, 2.75) is 33.1 Å². The number of anilines is 1. The number of nitrogens with zero attached hydrogens (tertiary/aromatic N) is 2. The highest BCUT2D eigenvalue weighted by atomic mass is 19.1. The molecular formula is C22H20FN3O2. The van der Waals surface area contributed by atoms with Crippen LogP contribution in [0.15, 0.2) is 42.5 Å². The summed E-state index contributed by atoms with van der Waals surface area (Å²) in [6.07, 6.45) is 0.0639. The van der Waals surface area contributed by atoms with E-state index in [0.29, 0.717) is 28.3 Å². The summed E-state index contributed by atoms with van der Waals surface area (Å²) in [5.41, 5.74) is 4.52. The highest BCUT2D eigenvalue weighted by Crippen LogP contribution is 2.38. The normalized spacial score (nSPS) is 15.9. The van der Waals surface area contributed by atoms with E-state index in [9.17, 15) is 14.0 Å². The Morgan fingerprint density at radius 2 is 1.93 bits per heavy atom. The van der Waals surface area contributed by atoms with Gasteiger partial charge in [-0.3, -0.25) is 9.59 Å². The maximum absolute atomic E-state index is 13.7. The smallest absolute Gasteiger partial charge is 0.226 e. The van der Waals surface area contributed by atoms with Gasteiger partial charge in [-0.05, 0) is 56.2 Å². The molecule has 0 bridgehead atoms. The number of ketones is 1. The van der Waals surface area contributed by atoms with Crippen LogP contribution in [-0.2, 0) is 4.79 Å². The van der Waals surface area contributed by atoms with Gasteiger partial charge in [0.2, 0.25) is 5.91 Å². The monoisotopic (exact) mass is 377 g/mol. The largest absolute Gasteiger partial charge is 0.310 e. The number of rotatable bonds is 3. The van der Waals surface area contributed by atoms with Crippen molar-refractivity contribution in [3.63, 3.8) is 0 Å². The number of amides is 1. The number of Topliss-reactive ketones (excluding diaryl/α,β-unsaturated/α-hetero) is 1.